The predicted molar refractivity (Wildman–Crippen MR) is 66.5 cm³/mol. The summed E-state index contributed by atoms with van der Waals surface area (Å²) in [7, 11) is 0. The summed E-state index contributed by atoms with van der Waals surface area (Å²) in [6, 6.07) is 5.50. The van der Waals surface area contributed by atoms with Crippen LogP contribution in [0.5, 0.6) is 5.75 Å². The molecule has 1 heterocycles. The Morgan fingerprint density at radius 1 is 1.20 bits per heavy atom. The summed E-state index contributed by atoms with van der Waals surface area (Å²) in [6.45, 7) is 3.20. The summed E-state index contributed by atoms with van der Waals surface area (Å²) < 4.78 is 41.0. The quantitative estimate of drug-likeness (QED) is 0.922. The summed E-state index contributed by atoms with van der Waals surface area (Å²) in [5.74, 6) is -0.371. The molecule has 1 aromatic carbocycles. The lowest BCUT2D eigenvalue weighted by Gasteiger charge is -2.13. The Morgan fingerprint density at radius 3 is 2.45 bits per heavy atom. The topological polar surface area (TPSA) is 55.0 Å². The Kier molecular flexibility index (Phi) is 3.52. The number of benzene rings is 1. The van der Waals surface area contributed by atoms with Gasteiger partial charge in [0.1, 0.15) is 11.6 Å². The summed E-state index contributed by atoms with van der Waals surface area (Å²) in [4.78, 5) is 18.2. The predicted octanol–water partition coefficient (Wildman–Crippen LogP) is 2.95. The van der Waals surface area contributed by atoms with Crippen molar-refractivity contribution in [3.63, 3.8) is 0 Å². The highest BCUT2D eigenvalue weighted by Crippen LogP contribution is 2.31. The molecule has 0 aliphatic heterocycles. The van der Waals surface area contributed by atoms with Crippen molar-refractivity contribution in [2.45, 2.75) is 20.2 Å². The molecule has 0 fully saturated rings. The maximum absolute atomic E-state index is 12.3. The number of aromatic amines is 1. The zero-order valence-electron chi connectivity index (χ0n) is 10.7. The largest absolute Gasteiger partial charge is 0.573 e. The Bertz CT molecular complexity index is 693. The molecule has 0 radical (unpaired) electrons. The van der Waals surface area contributed by atoms with Crippen LogP contribution in [0.25, 0.3) is 11.4 Å². The summed E-state index contributed by atoms with van der Waals surface area (Å²) in [5, 5.41) is 0. The number of H-pyrrole nitrogens is 1. The zero-order valence-corrected chi connectivity index (χ0v) is 10.7. The van der Waals surface area contributed by atoms with E-state index in [2.05, 4.69) is 14.7 Å². The highest BCUT2D eigenvalue weighted by molar-refractivity contribution is 5.64. The summed E-state index contributed by atoms with van der Waals surface area (Å²) in [5.41, 5.74) is 0.549. The molecule has 2 aromatic rings. The van der Waals surface area contributed by atoms with Gasteiger partial charge in [-0.3, -0.25) is 4.79 Å². The van der Waals surface area contributed by atoms with Crippen molar-refractivity contribution >= 4 is 0 Å². The molecule has 0 bridgehead atoms. The standard InChI is InChI=1S/C13H11F3N2O2/c1-7-8(2)17-11(18-12(7)19)9-5-3-4-6-10(9)20-13(14,15)16/h3-6H,1-2H3,(H,17,18,19). The van der Waals surface area contributed by atoms with E-state index in [1.165, 1.54) is 18.2 Å². The van der Waals surface area contributed by atoms with Gasteiger partial charge in [0, 0.05) is 11.3 Å². The van der Waals surface area contributed by atoms with Gasteiger partial charge >= 0.3 is 6.36 Å². The molecular formula is C13H11F3N2O2. The van der Waals surface area contributed by atoms with Gasteiger partial charge < -0.3 is 9.72 Å². The molecule has 0 unspecified atom stereocenters. The van der Waals surface area contributed by atoms with Gasteiger partial charge in [0.15, 0.2) is 0 Å². The third-order valence-corrected chi connectivity index (χ3v) is 2.76. The molecule has 0 atom stereocenters. The molecular weight excluding hydrogens is 273 g/mol. The van der Waals surface area contributed by atoms with Crippen molar-refractivity contribution in [1.82, 2.24) is 9.97 Å². The van der Waals surface area contributed by atoms with Gasteiger partial charge in [-0.05, 0) is 26.0 Å². The first kappa shape index (κ1) is 14.1. The zero-order chi connectivity index (χ0) is 14.9. The molecule has 0 saturated carbocycles. The number of aromatic nitrogens is 2. The van der Waals surface area contributed by atoms with Gasteiger partial charge in [0.25, 0.3) is 5.56 Å². The minimum atomic E-state index is -4.81. The maximum Gasteiger partial charge on any atom is 0.573 e. The van der Waals surface area contributed by atoms with E-state index in [1.807, 2.05) is 0 Å². The molecule has 0 aliphatic rings. The van der Waals surface area contributed by atoms with E-state index in [9.17, 15) is 18.0 Å². The first-order valence-electron chi connectivity index (χ1n) is 5.70. The van der Waals surface area contributed by atoms with Crippen LogP contribution in [0, 0.1) is 13.8 Å². The van der Waals surface area contributed by atoms with Gasteiger partial charge in [-0.15, -0.1) is 13.2 Å². The van der Waals surface area contributed by atoms with E-state index in [0.717, 1.165) is 6.07 Å². The van der Waals surface area contributed by atoms with Crippen molar-refractivity contribution in [3.05, 3.63) is 45.9 Å². The lowest BCUT2D eigenvalue weighted by molar-refractivity contribution is -0.274. The summed E-state index contributed by atoms with van der Waals surface area (Å²) in [6.07, 6.45) is -4.81. The SMILES string of the molecule is Cc1nc(-c2ccccc2OC(F)(F)F)[nH]c(=O)c1C. The van der Waals surface area contributed by atoms with Crippen LogP contribution >= 0.6 is 0 Å². The van der Waals surface area contributed by atoms with Crippen LogP contribution < -0.4 is 10.3 Å². The average Bonchev–Trinajstić information content (AvgIpc) is 2.34. The molecule has 0 aliphatic carbocycles. The smallest absolute Gasteiger partial charge is 0.405 e. The first-order chi connectivity index (χ1) is 9.28. The Hall–Kier alpha value is -2.31. The van der Waals surface area contributed by atoms with Crippen molar-refractivity contribution in [2.24, 2.45) is 0 Å². The Labute approximate surface area is 112 Å². The van der Waals surface area contributed by atoms with Gasteiger partial charge in [-0.2, -0.15) is 0 Å². The molecule has 20 heavy (non-hydrogen) atoms. The van der Waals surface area contributed by atoms with Crippen LogP contribution in [0.2, 0.25) is 0 Å². The number of hydrogen-bond acceptors (Lipinski definition) is 3. The van der Waals surface area contributed by atoms with Crippen LogP contribution in [0.4, 0.5) is 13.2 Å². The minimum absolute atomic E-state index is 0.0398. The molecule has 0 amide bonds. The van der Waals surface area contributed by atoms with E-state index in [-0.39, 0.29) is 11.4 Å². The molecule has 4 nitrogen and oxygen atoms in total. The second-order valence-electron chi connectivity index (χ2n) is 4.17. The second-order valence-corrected chi connectivity index (χ2v) is 4.17. The molecule has 106 valence electrons. The van der Waals surface area contributed by atoms with Crippen LogP contribution in [0.3, 0.4) is 0 Å². The Morgan fingerprint density at radius 2 is 1.85 bits per heavy atom. The van der Waals surface area contributed by atoms with E-state index in [4.69, 9.17) is 0 Å². The molecule has 1 N–H and O–H groups in total. The van der Waals surface area contributed by atoms with Crippen LogP contribution in [-0.2, 0) is 0 Å². The monoisotopic (exact) mass is 284 g/mol. The van der Waals surface area contributed by atoms with E-state index < -0.39 is 17.7 Å². The second kappa shape index (κ2) is 4.99. The number of ether oxygens (including phenoxy) is 1. The number of nitrogens with zero attached hydrogens (tertiary/aromatic N) is 1. The average molecular weight is 284 g/mol. The van der Waals surface area contributed by atoms with Crippen LogP contribution in [0.15, 0.2) is 29.1 Å². The minimum Gasteiger partial charge on any atom is -0.405 e. The lowest BCUT2D eigenvalue weighted by atomic mass is 10.1. The van der Waals surface area contributed by atoms with Gasteiger partial charge in [0.05, 0.1) is 5.56 Å². The number of nitrogens with one attached hydrogen (secondary N) is 1. The first-order valence-corrected chi connectivity index (χ1v) is 5.70. The maximum atomic E-state index is 12.3. The third-order valence-electron chi connectivity index (χ3n) is 2.76. The fourth-order valence-electron chi connectivity index (χ4n) is 1.65. The van der Waals surface area contributed by atoms with Crippen molar-refractivity contribution in [3.8, 4) is 17.1 Å². The molecule has 7 heteroatoms. The number of rotatable bonds is 2. The molecule has 0 saturated heterocycles. The summed E-state index contributed by atoms with van der Waals surface area (Å²) >= 11 is 0. The fraction of sp³-hybridized carbons (Fsp3) is 0.231. The number of hydrogen-bond donors (Lipinski definition) is 1. The Balaban J connectivity index is 2.56. The van der Waals surface area contributed by atoms with Crippen LogP contribution in [-0.4, -0.2) is 16.3 Å². The number of aryl methyl sites for hydroxylation is 1. The van der Waals surface area contributed by atoms with Gasteiger partial charge in [0.2, 0.25) is 0 Å². The number of para-hydroxylation sites is 1. The van der Waals surface area contributed by atoms with Crippen molar-refractivity contribution < 1.29 is 17.9 Å². The third kappa shape index (κ3) is 2.98. The van der Waals surface area contributed by atoms with Gasteiger partial charge in [-0.25, -0.2) is 4.98 Å². The van der Waals surface area contributed by atoms with Crippen molar-refractivity contribution in [2.75, 3.05) is 0 Å². The molecule has 2 rings (SSSR count). The fourth-order valence-corrected chi connectivity index (χ4v) is 1.65. The normalized spacial score (nSPS) is 11.4. The highest BCUT2D eigenvalue weighted by Gasteiger charge is 2.32. The number of halogens is 3. The highest BCUT2D eigenvalue weighted by atomic mass is 19.4. The van der Waals surface area contributed by atoms with E-state index in [1.54, 1.807) is 13.8 Å². The van der Waals surface area contributed by atoms with E-state index >= 15 is 0 Å². The van der Waals surface area contributed by atoms with Crippen molar-refractivity contribution in [1.29, 1.82) is 0 Å². The lowest BCUT2D eigenvalue weighted by Crippen LogP contribution is -2.19. The number of alkyl halides is 3. The van der Waals surface area contributed by atoms with Gasteiger partial charge in [-0.1, -0.05) is 12.1 Å². The molecule has 0 spiro atoms. The van der Waals surface area contributed by atoms with Crippen LogP contribution in [0.1, 0.15) is 11.3 Å². The van der Waals surface area contributed by atoms with E-state index in [0.29, 0.717) is 11.3 Å². The molecule has 1 aromatic heterocycles.